The Morgan fingerprint density at radius 3 is 3.05 bits per heavy atom. The van der Waals surface area contributed by atoms with Crippen molar-refractivity contribution in [2.45, 2.75) is 19.5 Å². The first-order valence-electron chi connectivity index (χ1n) is 6.02. The summed E-state index contributed by atoms with van der Waals surface area (Å²) in [5, 5.41) is 16.3. The highest BCUT2D eigenvalue weighted by atomic mass is 79.9. The van der Waals surface area contributed by atoms with Crippen LogP contribution in [0.3, 0.4) is 0 Å². The average Bonchev–Trinajstić information content (AvgIpc) is 2.42. The van der Waals surface area contributed by atoms with Crippen molar-refractivity contribution < 1.29 is 9.90 Å². The predicted octanol–water partition coefficient (Wildman–Crippen LogP) is -0.112. The van der Waals surface area contributed by atoms with Crippen LogP contribution in [0, 0.1) is 0 Å². The second-order valence-corrected chi connectivity index (χ2v) is 5.01. The number of anilines is 1. The Kier molecular flexibility index (Phi) is 4.20. The van der Waals surface area contributed by atoms with E-state index in [0.29, 0.717) is 36.3 Å². The third-order valence-corrected chi connectivity index (χ3v) is 3.85. The van der Waals surface area contributed by atoms with Crippen molar-refractivity contribution in [2.24, 2.45) is 0 Å². The zero-order chi connectivity index (χ0) is 14.0. The number of carboxylic acids is 1. The second kappa shape index (κ2) is 5.70. The largest absolute Gasteiger partial charge is 0.480 e. The lowest BCUT2D eigenvalue weighted by atomic mass is 10.2. The summed E-state index contributed by atoms with van der Waals surface area (Å²) in [5.74, 6) is -0.918. The van der Waals surface area contributed by atoms with E-state index >= 15 is 0 Å². The molecule has 2 heterocycles. The molecule has 1 aromatic rings. The molecule has 0 radical (unpaired) electrons. The summed E-state index contributed by atoms with van der Waals surface area (Å²) < 4.78 is 1.68. The van der Waals surface area contributed by atoms with Crippen LogP contribution in [0.25, 0.3) is 0 Å². The van der Waals surface area contributed by atoms with E-state index in [4.69, 9.17) is 0 Å². The molecule has 2 N–H and O–H groups in total. The number of halogens is 1. The van der Waals surface area contributed by atoms with E-state index in [0.717, 1.165) is 0 Å². The Labute approximate surface area is 118 Å². The standard InChI is InChI=1S/C11H15BrN4O3/c1-2-16-10(17)9(12)7(6-14-16)15-4-3-13-5-8(15)11(18)19/h6,8,13H,2-5H2,1H3,(H,18,19). The molecule has 7 nitrogen and oxygen atoms in total. The Hall–Kier alpha value is -1.41. The molecule has 1 aliphatic heterocycles. The Morgan fingerprint density at radius 1 is 1.68 bits per heavy atom. The van der Waals surface area contributed by atoms with Gasteiger partial charge in [0.05, 0.1) is 11.9 Å². The summed E-state index contributed by atoms with van der Waals surface area (Å²) in [6.45, 7) is 3.84. The van der Waals surface area contributed by atoms with Crippen molar-refractivity contribution in [1.82, 2.24) is 15.1 Å². The highest BCUT2D eigenvalue weighted by Crippen LogP contribution is 2.24. The van der Waals surface area contributed by atoms with Gasteiger partial charge >= 0.3 is 5.97 Å². The van der Waals surface area contributed by atoms with Crippen molar-refractivity contribution in [1.29, 1.82) is 0 Å². The molecule has 0 spiro atoms. The van der Waals surface area contributed by atoms with Crippen molar-refractivity contribution >= 4 is 27.6 Å². The monoisotopic (exact) mass is 330 g/mol. The van der Waals surface area contributed by atoms with Gasteiger partial charge in [-0.25, -0.2) is 9.48 Å². The van der Waals surface area contributed by atoms with Gasteiger partial charge < -0.3 is 15.3 Å². The molecule has 8 heteroatoms. The Morgan fingerprint density at radius 2 is 2.42 bits per heavy atom. The minimum absolute atomic E-state index is 0.248. The topological polar surface area (TPSA) is 87.5 Å². The molecule has 1 unspecified atom stereocenters. The summed E-state index contributed by atoms with van der Waals surface area (Å²) in [6, 6.07) is -0.691. The minimum Gasteiger partial charge on any atom is -0.480 e. The van der Waals surface area contributed by atoms with Gasteiger partial charge in [-0.1, -0.05) is 0 Å². The van der Waals surface area contributed by atoms with E-state index in [1.54, 1.807) is 4.90 Å². The second-order valence-electron chi connectivity index (χ2n) is 4.22. The fourth-order valence-electron chi connectivity index (χ4n) is 2.10. The number of hydrogen-bond donors (Lipinski definition) is 2. The fourth-order valence-corrected chi connectivity index (χ4v) is 2.63. The molecule has 1 aromatic heterocycles. The molecule has 1 fully saturated rings. The fraction of sp³-hybridized carbons (Fsp3) is 0.545. The van der Waals surface area contributed by atoms with Gasteiger partial charge in [0.1, 0.15) is 10.5 Å². The first-order chi connectivity index (χ1) is 9.06. The Bertz CT molecular complexity index is 545. The molecule has 0 aliphatic carbocycles. The number of carboxylic acid groups (broad SMARTS) is 1. The van der Waals surface area contributed by atoms with E-state index in [1.807, 2.05) is 6.92 Å². The molecular formula is C11H15BrN4O3. The summed E-state index contributed by atoms with van der Waals surface area (Å²) >= 11 is 3.26. The smallest absolute Gasteiger partial charge is 0.327 e. The zero-order valence-corrected chi connectivity index (χ0v) is 12.1. The number of aryl methyl sites for hydroxylation is 1. The van der Waals surface area contributed by atoms with Gasteiger partial charge in [0.25, 0.3) is 5.56 Å². The average molecular weight is 331 g/mol. The number of nitrogens with one attached hydrogen (secondary N) is 1. The van der Waals surface area contributed by atoms with E-state index in [9.17, 15) is 14.7 Å². The predicted molar refractivity (Wildman–Crippen MR) is 73.5 cm³/mol. The van der Waals surface area contributed by atoms with E-state index in [1.165, 1.54) is 10.9 Å². The van der Waals surface area contributed by atoms with Crippen LogP contribution < -0.4 is 15.8 Å². The van der Waals surface area contributed by atoms with Crippen molar-refractivity contribution in [3.63, 3.8) is 0 Å². The maximum Gasteiger partial charge on any atom is 0.327 e. The first kappa shape index (κ1) is 14.0. The van der Waals surface area contributed by atoms with Gasteiger partial charge in [-0.3, -0.25) is 4.79 Å². The number of carbonyl (C=O) groups is 1. The van der Waals surface area contributed by atoms with Crippen LogP contribution in [0.4, 0.5) is 5.69 Å². The Balaban J connectivity index is 2.42. The van der Waals surface area contributed by atoms with Crippen LogP contribution in [0.1, 0.15) is 6.92 Å². The molecular weight excluding hydrogens is 316 g/mol. The molecule has 104 valence electrons. The van der Waals surface area contributed by atoms with Gasteiger partial charge in [-0.15, -0.1) is 0 Å². The molecule has 0 aromatic carbocycles. The SMILES string of the molecule is CCn1ncc(N2CCNCC2C(=O)O)c(Br)c1=O. The van der Waals surface area contributed by atoms with E-state index < -0.39 is 12.0 Å². The van der Waals surface area contributed by atoms with E-state index in [2.05, 4.69) is 26.3 Å². The quantitative estimate of drug-likeness (QED) is 0.804. The maximum absolute atomic E-state index is 12.0. The lowest BCUT2D eigenvalue weighted by molar-refractivity contribution is -0.138. The summed E-state index contributed by atoms with van der Waals surface area (Å²) in [5.41, 5.74) is 0.284. The van der Waals surface area contributed by atoms with Crippen molar-refractivity contribution in [2.75, 3.05) is 24.5 Å². The minimum atomic E-state index is -0.918. The molecule has 2 rings (SSSR count). The van der Waals surface area contributed by atoms with Crippen molar-refractivity contribution in [3.8, 4) is 0 Å². The lowest BCUT2D eigenvalue weighted by Gasteiger charge is -2.35. The number of nitrogens with zero attached hydrogens (tertiary/aromatic N) is 3. The highest BCUT2D eigenvalue weighted by molar-refractivity contribution is 9.10. The number of rotatable bonds is 3. The van der Waals surface area contributed by atoms with Gasteiger partial charge in [0.15, 0.2) is 0 Å². The van der Waals surface area contributed by atoms with Crippen LogP contribution in [-0.2, 0) is 11.3 Å². The third kappa shape index (κ3) is 2.64. The lowest BCUT2D eigenvalue weighted by Crippen LogP contribution is -2.55. The van der Waals surface area contributed by atoms with Crippen LogP contribution >= 0.6 is 15.9 Å². The van der Waals surface area contributed by atoms with Gasteiger partial charge in [0, 0.05) is 26.2 Å². The van der Waals surface area contributed by atoms with Crippen LogP contribution in [0.2, 0.25) is 0 Å². The van der Waals surface area contributed by atoms with E-state index in [-0.39, 0.29) is 5.56 Å². The van der Waals surface area contributed by atoms with Crippen LogP contribution in [0.15, 0.2) is 15.5 Å². The first-order valence-corrected chi connectivity index (χ1v) is 6.81. The number of piperazine rings is 1. The third-order valence-electron chi connectivity index (χ3n) is 3.10. The molecule has 0 bridgehead atoms. The summed E-state index contributed by atoms with van der Waals surface area (Å²) in [6.07, 6.45) is 1.54. The summed E-state index contributed by atoms with van der Waals surface area (Å²) in [4.78, 5) is 25.0. The van der Waals surface area contributed by atoms with Crippen molar-refractivity contribution in [3.05, 3.63) is 21.0 Å². The maximum atomic E-state index is 12.0. The van der Waals surface area contributed by atoms with Crippen LogP contribution in [0.5, 0.6) is 0 Å². The number of aliphatic carboxylic acids is 1. The summed E-state index contributed by atoms with van der Waals surface area (Å²) in [7, 11) is 0. The molecule has 1 aliphatic rings. The van der Waals surface area contributed by atoms with Gasteiger partial charge in [-0.2, -0.15) is 5.10 Å². The molecule has 19 heavy (non-hydrogen) atoms. The zero-order valence-electron chi connectivity index (χ0n) is 10.5. The molecule has 1 atom stereocenters. The highest BCUT2D eigenvalue weighted by Gasteiger charge is 2.30. The molecule has 1 saturated heterocycles. The molecule has 0 saturated carbocycles. The number of aromatic nitrogens is 2. The molecule has 0 amide bonds. The van der Waals surface area contributed by atoms with Gasteiger partial charge in [0.2, 0.25) is 0 Å². The number of hydrogen-bond acceptors (Lipinski definition) is 5. The van der Waals surface area contributed by atoms with Gasteiger partial charge in [-0.05, 0) is 22.9 Å². The van der Waals surface area contributed by atoms with Crippen LogP contribution in [-0.4, -0.2) is 46.5 Å². The normalized spacial score (nSPS) is 19.5.